The quantitative estimate of drug-likeness (QED) is 0.211. The molecule has 0 saturated heterocycles. The number of rotatable bonds is 15. The van der Waals surface area contributed by atoms with Crippen LogP contribution in [0.3, 0.4) is 0 Å². The molecule has 0 aliphatic rings. The van der Waals surface area contributed by atoms with Crippen molar-refractivity contribution in [3.05, 3.63) is 37.0 Å². The van der Waals surface area contributed by atoms with E-state index in [1.165, 1.54) is 64.2 Å². The lowest BCUT2D eigenvalue weighted by Crippen LogP contribution is -1.99. The van der Waals surface area contributed by atoms with E-state index in [2.05, 4.69) is 59.1 Å². The van der Waals surface area contributed by atoms with Crippen molar-refractivity contribution in [2.75, 3.05) is 0 Å². The molecule has 23 heavy (non-hydrogen) atoms. The normalized spacial score (nSPS) is 14.7. The van der Waals surface area contributed by atoms with Crippen LogP contribution in [-0.4, -0.2) is 0 Å². The van der Waals surface area contributed by atoms with E-state index in [9.17, 15) is 0 Å². The Balaban J connectivity index is 4.18. The molecule has 0 heteroatoms. The van der Waals surface area contributed by atoms with E-state index in [1.54, 1.807) is 5.57 Å². The Morgan fingerprint density at radius 3 is 2.26 bits per heavy atom. The van der Waals surface area contributed by atoms with Gasteiger partial charge in [-0.25, -0.2) is 0 Å². The van der Waals surface area contributed by atoms with E-state index < -0.39 is 0 Å². The molecule has 0 amide bonds. The van der Waals surface area contributed by atoms with Crippen LogP contribution < -0.4 is 0 Å². The fraction of sp³-hybridized carbons (Fsp3) is 0.739. The van der Waals surface area contributed by atoms with Crippen LogP contribution in [0.5, 0.6) is 0 Å². The second kappa shape index (κ2) is 14.8. The van der Waals surface area contributed by atoms with E-state index in [4.69, 9.17) is 0 Å². The van der Waals surface area contributed by atoms with Crippen molar-refractivity contribution in [3.8, 4) is 0 Å². The van der Waals surface area contributed by atoms with Gasteiger partial charge < -0.3 is 0 Å². The Bertz CT molecular complexity index is 321. The van der Waals surface area contributed by atoms with Crippen molar-refractivity contribution < 1.29 is 0 Å². The summed E-state index contributed by atoms with van der Waals surface area (Å²) in [5.41, 5.74) is 1.69. The maximum atomic E-state index is 3.91. The summed E-state index contributed by atoms with van der Waals surface area (Å²) in [6, 6.07) is 0. The van der Waals surface area contributed by atoms with Gasteiger partial charge in [0.15, 0.2) is 0 Å². The standard InChI is InChI=1S/C23H42/c1-7-10-13-22(9-3)14-11-12-15-23(18-16-20(4)5)19-17-21(6)8-2/h7-8,18,20-22H,1-2,9-17,19H2,3-6H3. The second-order valence-electron chi connectivity index (χ2n) is 7.63. The minimum Gasteiger partial charge on any atom is -0.103 e. The molecule has 2 atom stereocenters. The molecule has 0 fully saturated rings. The Kier molecular flexibility index (Phi) is 14.3. The lowest BCUT2D eigenvalue weighted by atomic mass is 9.91. The van der Waals surface area contributed by atoms with Gasteiger partial charge in [0.25, 0.3) is 0 Å². The zero-order chi connectivity index (χ0) is 17.5. The summed E-state index contributed by atoms with van der Waals surface area (Å²) >= 11 is 0. The van der Waals surface area contributed by atoms with Crippen LogP contribution >= 0.6 is 0 Å². The molecule has 0 spiro atoms. The maximum Gasteiger partial charge on any atom is -0.0262 e. The summed E-state index contributed by atoms with van der Waals surface area (Å²) in [6.45, 7) is 17.0. The molecule has 0 aromatic rings. The average Bonchev–Trinajstić information content (AvgIpc) is 2.55. The highest BCUT2D eigenvalue weighted by Gasteiger charge is 2.06. The van der Waals surface area contributed by atoms with Gasteiger partial charge in [0.2, 0.25) is 0 Å². The van der Waals surface area contributed by atoms with E-state index in [-0.39, 0.29) is 0 Å². The first-order valence-corrected chi connectivity index (χ1v) is 9.94. The van der Waals surface area contributed by atoms with E-state index in [0.717, 1.165) is 11.8 Å². The smallest absolute Gasteiger partial charge is 0.0262 e. The summed E-state index contributed by atoms with van der Waals surface area (Å²) in [5, 5.41) is 0. The van der Waals surface area contributed by atoms with Crippen LogP contribution in [0.25, 0.3) is 0 Å². The molecule has 0 saturated carbocycles. The lowest BCUT2D eigenvalue weighted by molar-refractivity contribution is 0.420. The van der Waals surface area contributed by atoms with Crippen LogP contribution in [-0.2, 0) is 0 Å². The van der Waals surface area contributed by atoms with Crippen LogP contribution in [0.4, 0.5) is 0 Å². The van der Waals surface area contributed by atoms with Gasteiger partial charge in [-0.3, -0.25) is 0 Å². The van der Waals surface area contributed by atoms with Crippen LogP contribution in [0.15, 0.2) is 37.0 Å². The molecule has 0 aromatic heterocycles. The minimum atomic E-state index is 0.640. The Labute approximate surface area is 147 Å². The van der Waals surface area contributed by atoms with Crippen molar-refractivity contribution in [2.45, 2.75) is 91.9 Å². The predicted octanol–water partition coefficient (Wildman–Crippen LogP) is 8.11. The summed E-state index contributed by atoms with van der Waals surface area (Å²) in [7, 11) is 0. The number of allylic oxidation sites excluding steroid dienone is 4. The molecular formula is C23H42. The summed E-state index contributed by atoms with van der Waals surface area (Å²) in [4.78, 5) is 0. The molecule has 0 radical (unpaired) electrons. The van der Waals surface area contributed by atoms with Gasteiger partial charge in [0, 0.05) is 0 Å². The highest BCUT2D eigenvalue weighted by molar-refractivity contribution is 5.03. The van der Waals surface area contributed by atoms with Gasteiger partial charge in [-0.2, -0.15) is 0 Å². The lowest BCUT2D eigenvalue weighted by Gasteiger charge is -2.15. The van der Waals surface area contributed by atoms with Gasteiger partial charge in [-0.15, -0.1) is 13.2 Å². The Morgan fingerprint density at radius 1 is 0.957 bits per heavy atom. The zero-order valence-corrected chi connectivity index (χ0v) is 16.4. The Hall–Kier alpha value is -0.780. The third kappa shape index (κ3) is 13.4. The topological polar surface area (TPSA) is 0 Å². The van der Waals surface area contributed by atoms with Gasteiger partial charge in [-0.1, -0.05) is 70.8 Å². The number of unbranched alkanes of at least 4 members (excludes halogenated alkanes) is 1. The molecule has 0 N–H and O–H groups in total. The van der Waals surface area contributed by atoms with E-state index >= 15 is 0 Å². The monoisotopic (exact) mass is 318 g/mol. The fourth-order valence-corrected chi connectivity index (χ4v) is 2.95. The van der Waals surface area contributed by atoms with Gasteiger partial charge in [-0.05, 0) is 62.7 Å². The largest absolute Gasteiger partial charge is 0.103 e. The molecule has 0 bridgehead atoms. The second-order valence-corrected chi connectivity index (χ2v) is 7.63. The maximum absolute atomic E-state index is 3.91. The predicted molar refractivity (Wildman–Crippen MR) is 108 cm³/mol. The van der Waals surface area contributed by atoms with Crippen LogP contribution in [0, 0.1) is 17.8 Å². The third-order valence-electron chi connectivity index (χ3n) is 4.92. The molecule has 0 aromatic carbocycles. The van der Waals surface area contributed by atoms with Gasteiger partial charge >= 0.3 is 0 Å². The summed E-state index contributed by atoms with van der Waals surface area (Å²) in [6.07, 6.45) is 19.7. The van der Waals surface area contributed by atoms with Crippen molar-refractivity contribution in [2.24, 2.45) is 17.8 Å². The molecule has 134 valence electrons. The third-order valence-corrected chi connectivity index (χ3v) is 4.92. The highest BCUT2D eigenvalue weighted by atomic mass is 14.1. The van der Waals surface area contributed by atoms with Crippen LogP contribution in [0.2, 0.25) is 0 Å². The molecule has 0 rings (SSSR count). The molecular weight excluding hydrogens is 276 g/mol. The molecule has 0 aliphatic carbocycles. The molecule has 0 heterocycles. The number of hydrogen-bond donors (Lipinski definition) is 0. The van der Waals surface area contributed by atoms with Crippen molar-refractivity contribution >= 4 is 0 Å². The number of hydrogen-bond acceptors (Lipinski definition) is 0. The van der Waals surface area contributed by atoms with Gasteiger partial charge in [0.1, 0.15) is 0 Å². The first-order valence-electron chi connectivity index (χ1n) is 9.94. The summed E-state index contributed by atoms with van der Waals surface area (Å²) < 4.78 is 0. The van der Waals surface area contributed by atoms with E-state index in [1.807, 2.05) is 0 Å². The zero-order valence-electron chi connectivity index (χ0n) is 16.4. The first-order chi connectivity index (χ1) is 11.0. The van der Waals surface area contributed by atoms with Crippen molar-refractivity contribution in [1.82, 2.24) is 0 Å². The van der Waals surface area contributed by atoms with Crippen LogP contribution in [0.1, 0.15) is 91.9 Å². The minimum absolute atomic E-state index is 0.640. The first kappa shape index (κ1) is 22.2. The van der Waals surface area contributed by atoms with Gasteiger partial charge in [0.05, 0.1) is 0 Å². The molecule has 0 nitrogen and oxygen atoms in total. The molecule has 2 unspecified atom stereocenters. The summed E-state index contributed by atoms with van der Waals surface area (Å²) in [5.74, 6) is 2.31. The SMILES string of the molecule is C=CCCC(CC)CCCCC(=CCC(C)C)CCC(C)C=C. The van der Waals surface area contributed by atoms with Crippen molar-refractivity contribution in [1.29, 1.82) is 0 Å². The average molecular weight is 319 g/mol. The highest BCUT2D eigenvalue weighted by Crippen LogP contribution is 2.23. The molecule has 0 aliphatic heterocycles. The Morgan fingerprint density at radius 2 is 1.70 bits per heavy atom. The van der Waals surface area contributed by atoms with Crippen molar-refractivity contribution in [3.63, 3.8) is 0 Å². The van der Waals surface area contributed by atoms with E-state index in [0.29, 0.717) is 5.92 Å². The fourth-order valence-electron chi connectivity index (χ4n) is 2.95.